The van der Waals surface area contributed by atoms with Gasteiger partial charge in [0, 0.05) is 31.9 Å². The smallest absolute Gasteiger partial charge is 0.213 e. The van der Waals surface area contributed by atoms with Gasteiger partial charge >= 0.3 is 0 Å². The molecule has 2 aromatic rings. The summed E-state index contributed by atoms with van der Waals surface area (Å²) in [6.45, 7) is 5.72. The Kier molecular flexibility index (Phi) is 7.56. The van der Waals surface area contributed by atoms with Crippen LogP contribution in [0.2, 0.25) is 0 Å². The van der Waals surface area contributed by atoms with Crippen LogP contribution in [0.15, 0.2) is 53.7 Å². The van der Waals surface area contributed by atoms with Gasteiger partial charge < -0.3 is 20.1 Å². The average molecular weight is 342 g/mol. The molecule has 0 spiro atoms. The molecule has 0 aliphatic rings. The van der Waals surface area contributed by atoms with Gasteiger partial charge in [-0.05, 0) is 31.5 Å². The predicted molar refractivity (Wildman–Crippen MR) is 100 cm³/mol. The molecular formula is C19H26N4O2. The van der Waals surface area contributed by atoms with Crippen molar-refractivity contribution in [1.29, 1.82) is 0 Å². The lowest BCUT2D eigenvalue weighted by atomic mass is 10.3. The third kappa shape index (κ3) is 7.12. The SMILES string of the molecule is CN=C(NCc1ccc(OCCOc2ccccc2)nc1)NC(C)C. The lowest BCUT2D eigenvalue weighted by Crippen LogP contribution is -2.40. The number of pyridine rings is 1. The second-order valence-corrected chi connectivity index (χ2v) is 5.74. The molecule has 1 heterocycles. The van der Waals surface area contributed by atoms with E-state index in [1.54, 1.807) is 13.2 Å². The molecule has 0 aliphatic carbocycles. The zero-order chi connectivity index (χ0) is 17.9. The summed E-state index contributed by atoms with van der Waals surface area (Å²) in [7, 11) is 1.75. The Hall–Kier alpha value is -2.76. The Morgan fingerprint density at radius 3 is 2.48 bits per heavy atom. The Balaban J connectivity index is 1.70. The summed E-state index contributed by atoms with van der Waals surface area (Å²) in [6, 6.07) is 13.8. The van der Waals surface area contributed by atoms with Crippen LogP contribution in [0.1, 0.15) is 19.4 Å². The number of nitrogens with one attached hydrogen (secondary N) is 2. The van der Waals surface area contributed by atoms with Gasteiger partial charge in [-0.15, -0.1) is 0 Å². The zero-order valence-electron chi connectivity index (χ0n) is 15.0. The van der Waals surface area contributed by atoms with E-state index < -0.39 is 0 Å². The number of guanidine groups is 1. The standard InChI is InChI=1S/C19H26N4O2/c1-15(2)23-19(20-3)22-14-16-9-10-18(21-13-16)25-12-11-24-17-7-5-4-6-8-17/h4-10,13,15H,11-12,14H2,1-3H3,(H2,20,22,23). The number of aliphatic imine (C=N–C) groups is 1. The van der Waals surface area contributed by atoms with Gasteiger partial charge in [-0.1, -0.05) is 24.3 Å². The molecule has 2 N–H and O–H groups in total. The summed E-state index contributed by atoms with van der Waals surface area (Å²) in [5, 5.41) is 6.48. The number of ether oxygens (including phenoxy) is 2. The highest BCUT2D eigenvalue weighted by molar-refractivity contribution is 5.79. The normalized spacial score (nSPS) is 11.3. The molecule has 0 atom stereocenters. The molecule has 0 fully saturated rings. The second-order valence-electron chi connectivity index (χ2n) is 5.74. The van der Waals surface area contributed by atoms with E-state index in [2.05, 4.69) is 34.5 Å². The van der Waals surface area contributed by atoms with Crippen molar-refractivity contribution in [2.45, 2.75) is 26.4 Å². The molecule has 0 bridgehead atoms. The van der Waals surface area contributed by atoms with Gasteiger partial charge in [0.2, 0.25) is 5.88 Å². The Labute approximate surface area is 149 Å². The van der Waals surface area contributed by atoms with Crippen molar-refractivity contribution >= 4 is 5.96 Å². The van der Waals surface area contributed by atoms with Crippen LogP contribution in [0.3, 0.4) is 0 Å². The van der Waals surface area contributed by atoms with Crippen molar-refractivity contribution in [2.24, 2.45) is 4.99 Å². The van der Waals surface area contributed by atoms with E-state index in [0.717, 1.165) is 17.3 Å². The van der Waals surface area contributed by atoms with E-state index in [0.29, 0.717) is 31.7 Å². The maximum absolute atomic E-state index is 5.59. The molecule has 0 radical (unpaired) electrons. The van der Waals surface area contributed by atoms with Crippen LogP contribution in [-0.4, -0.2) is 37.2 Å². The minimum absolute atomic E-state index is 0.332. The van der Waals surface area contributed by atoms with E-state index in [9.17, 15) is 0 Å². The number of nitrogens with zero attached hydrogens (tertiary/aromatic N) is 2. The van der Waals surface area contributed by atoms with Gasteiger partial charge in [-0.3, -0.25) is 4.99 Å². The van der Waals surface area contributed by atoms with Crippen LogP contribution < -0.4 is 20.1 Å². The van der Waals surface area contributed by atoms with E-state index >= 15 is 0 Å². The summed E-state index contributed by atoms with van der Waals surface area (Å²) in [4.78, 5) is 8.48. The fraction of sp³-hybridized carbons (Fsp3) is 0.368. The third-order valence-corrected chi connectivity index (χ3v) is 3.25. The topological polar surface area (TPSA) is 67.8 Å². The number of rotatable bonds is 8. The summed E-state index contributed by atoms with van der Waals surface area (Å²) in [6.07, 6.45) is 1.79. The fourth-order valence-corrected chi connectivity index (χ4v) is 2.08. The Morgan fingerprint density at radius 1 is 1.08 bits per heavy atom. The molecule has 6 heteroatoms. The number of hydrogen-bond acceptors (Lipinski definition) is 4. The molecule has 2 rings (SSSR count). The van der Waals surface area contributed by atoms with Gasteiger partial charge in [-0.25, -0.2) is 4.98 Å². The first kappa shape index (κ1) is 18.6. The summed E-state index contributed by atoms with van der Waals surface area (Å²) >= 11 is 0. The molecule has 1 aromatic heterocycles. The minimum atomic E-state index is 0.332. The largest absolute Gasteiger partial charge is 0.490 e. The quantitative estimate of drug-likeness (QED) is 0.438. The van der Waals surface area contributed by atoms with Gasteiger partial charge in [0.1, 0.15) is 19.0 Å². The van der Waals surface area contributed by atoms with Gasteiger partial charge in [0.05, 0.1) is 0 Å². The highest BCUT2D eigenvalue weighted by Crippen LogP contribution is 2.09. The van der Waals surface area contributed by atoms with Crippen molar-refractivity contribution in [3.8, 4) is 11.6 Å². The van der Waals surface area contributed by atoms with Crippen LogP contribution in [0.25, 0.3) is 0 Å². The maximum atomic E-state index is 5.59. The molecule has 0 saturated heterocycles. The first-order chi connectivity index (χ1) is 12.2. The van der Waals surface area contributed by atoms with Crippen molar-refractivity contribution in [3.05, 3.63) is 54.2 Å². The van der Waals surface area contributed by atoms with Gasteiger partial charge in [-0.2, -0.15) is 0 Å². The fourth-order valence-electron chi connectivity index (χ4n) is 2.08. The highest BCUT2D eigenvalue weighted by Gasteiger charge is 2.02. The monoisotopic (exact) mass is 342 g/mol. The molecule has 0 amide bonds. The number of aromatic nitrogens is 1. The van der Waals surface area contributed by atoms with Gasteiger partial charge in [0.15, 0.2) is 5.96 Å². The molecule has 134 valence electrons. The number of hydrogen-bond donors (Lipinski definition) is 2. The summed E-state index contributed by atoms with van der Waals surface area (Å²) in [5.74, 6) is 2.20. The molecule has 1 aromatic carbocycles. The van der Waals surface area contributed by atoms with E-state index in [4.69, 9.17) is 9.47 Å². The molecule has 6 nitrogen and oxygen atoms in total. The van der Waals surface area contributed by atoms with E-state index in [1.807, 2.05) is 42.5 Å². The molecular weight excluding hydrogens is 316 g/mol. The zero-order valence-corrected chi connectivity index (χ0v) is 15.0. The van der Waals surface area contributed by atoms with E-state index in [1.165, 1.54) is 0 Å². The van der Waals surface area contributed by atoms with Crippen LogP contribution in [0.5, 0.6) is 11.6 Å². The van der Waals surface area contributed by atoms with Crippen LogP contribution in [-0.2, 0) is 6.54 Å². The predicted octanol–water partition coefficient (Wildman–Crippen LogP) is 2.61. The first-order valence-electron chi connectivity index (χ1n) is 8.40. The Morgan fingerprint density at radius 2 is 1.84 bits per heavy atom. The van der Waals surface area contributed by atoms with Crippen molar-refractivity contribution in [1.82, 2.24) is 15.6 Å². The van der Waals surface area contributed by atoms with Crippen molar-refractivity contribution in [2.75, 3.05) is 20.3 Å². The van der Waals surface area contributed by atoms with Crippen LogP contribution in [0, 0.1) is 0 Å². The van der Waals surface area contributed by atoms with Crippen LogP contribution in [0.4, 0.5) is 0 Å². The lowest BCUT2D eigenvalue weighted by Gasteiger charge is -2.14. The summed E-state index contributed by atoms with van der Waals surface area (Å²) < 4.78 is 11.2. The lowest BCUT2D eigenvalue weighted by molar-refractivity contribution is 0.212. The molecule has 0 aliphatic heterocycles. The minimum Gasteiger partial charge on any atom is -0.490 e. The Bertz CT molecular complexity index is 642. The average Bonchev–Trinajstić information content (AvgIpc) is 2.64. The third-order valence-electron chi connectivity index (χ3n) is 3.25. The maximum Gasteiger partial charge on any atom is 0.213 e. The molecule has 0 unspecified atom stereocenters. The summed E-state index contributed by atoms with van der Waals surface area (Å²) in [5.41, 5.74) is 1.06. The first-order valence-corrected chi connectivity index (χ1v) is 8.40. The number of benzene rings is 1. The van der Waals surface area contributed by atoms with Crippen molar-refractivity contribution < 1.29 is 9.47 Å². The highest BCUT2D eigenvalue weighted by atomic mass is 16.5. The second kappa shape index (κ2) is 10.2. The number of para-hydroxylation sites is 1. The molecule has 25 heavy (non-hydrogen) atoms. The van der Waals surface area contributed by atoms with Crippen molar-refractivity contribution in [3.63, 3.8) is 0 Å². The van der Waals surface area contributed by atoms with Crippen LogP contribution >= 0.6 is 0 Å². The molecule has 0 saturated carbocycles. The van der Waals surface area contributed by atoms with E-state index in [-0.39, 0.29) is 0 Å². The van der Waals surface area contributed by atoms with Gasteiger partial charge in [0.25, 0.3) is 0 Å².